The fourth-order valence-corrected chi connectivity index (χ4v) is 2.18. The van der Waals surface area contributed by atoms with Gasteiger partial charge in [-0.15, -0.1) is 0 Å². The van der Waals surface area contributed by atoms with Crippen molar-refractivity contribution in [3.63, 3.8) is 0 Å². The van der Waals surface area contributed by atoms with E-state index >= 15 is 0 Å². The molecule has 1 saturated heterocycles. The molecule has 0 aromatic carbocycles. The molecule has 0 aromatic heterocycles. The SMILES string of the molecule is CC(C)N1CCN(C(C)C)[C@@H](CF)C1. The summed E-state index contributed by atoms with van der Waals surface area (Å²) in [6, 6.07) is 1.11. The number of nitrogens with zero attached hydrogens (tertiary/aromatic N) is 2. The lowest BCUT2D eigenvalue weighted by molar-refractivity contribution is 0.0252. The Labute approximate surface area is 87.1 Å². The predicted octanol–water partition coefficient (Wildman–Crippen LogP) is 1.76. The van der Waals surface area contributed by atoms with Crippen molar-refractivity contribution in [2.24, 2.45) is 0 Å². The first kappa shape index (κ1) is 11.9. The highest BCUT2D eigenvalue weighted by atomic mass is 19.1. The molecule has 84 valence electrons. The molecule has 1 rings (SSSR count). The van der Waals surface area contributed by atoms with Crippen molar-refractivity contribution in [1.82, 2.24) is 9.80 Å². The number of hydrogen-bond donors (Lipinski definition) is 0. The van der Waals surface area contributed by atoms with Crippen LogP contribution < -0.4 is 0 Å². The zero-order valence-electron chi connectivity index (χ0n) is 9.83. The Morgan fingerprint density at radius 1 is 1.14 bits per heavy atom. The summed E-state index contributed by atoms with van der Waals surface area (Å²) < 4.78 is 12.9. The maximum Gasteiger partial charge on any atom is 0.106 e. The first-order valence-corrected chi connectivity index (χ1v) is 5.62. The maximum absolute atomic E-state index is 12.9. The molecule has 14 heavy (non-hydrogen) atoms. The normalized spacial score (nSPS) is 26.4. The molecule has 3 heteroatoms. The Balaban J connectivity index is 2.54. The van der Waals surface area contributed by atoms with Crippen LogP contribution in [0.1, 0.15) is 27.7 Å². The van der Waals surface area contributed by atoms with Crippen molar-refractivity contribution in [3.05, 3.63) is 0 Å². The second-order valence-electron chi connectivity index (χ2n) is 4.73. The van der Waals surface area contributed by atoms with Crippen LogP contribution in [0, 0.1) is 0 Å². The van der Waals surface area contributed by atoms with E-state index in [1.165, 1.54) is 0 Å². The predicted molar refractivity (Wildman–Crippen MR) is 58.3 cm³/mol. The summed E-state index contributed by atoms with van der Waals surface area (Å²) in [5.41, 5.74) is 0. The van der Waals surface area contributed by atoms with Gasteiger partial charge in [-0.2, -0.15) is 0 Å². The van der Waals surface area contributed by atoms with Crippen molar-refractivity contribution >= 4 is 0 Å². The van der Waals surface area contributed by atoms with Crippen molar-refractivity contribution < 1.29 is 4.39 Å². The second-order valence-corrected chi connectivity index (χ2v) is 4.73. The molecule has 2 nitrogen and oxygen atoms in total. The first-order chi connectivity index (χ1) is 6.56. The van der Waals surface area contributed by atoms with Crippen LogP contribution in [0.15, 0.2) is 0 Å². The minimum absolute atomic E-state index is 0.103. The van der Waals surface area contributed by atoms with Gasteiger partial charge >= 0.3 is 0 Å². The topological polar surface area (TPSA) is 6.48 Å². The first-order valence-electron chi connectivity index (χ1n) is 5.62. The zero-order chi connectivity index (χ0) is 10.7. The Morgan fingerprint density at radius 2 is 1.79 bits per heavy atom. The lowest BCUT2D eigenvalue weighted by Crippen LogP contribution is -2.57. The van der Waals surface area contributed by atoms with E-state index in [4.69, 9.17) is 0 Å². The van der Waals surface area contributed by atoms with Crippen LogP contribution in [0.4, 0.5) is 4.39 Å². The van der Waals surface area contributed by atoms with E-state index in [1.807, 2.05) is 0 Å². The van der Waals surface area contributed by atoms with E-state index in [9.17, 15) is 4.39 Å². The van der Waals surface area contributed by atoms with Gasteiger partial charge in [-0.3, -0.25) is 9.80 Å². The molecule has 0 aliphatic carbocycles. The number of halogens is 1. The van der Waals surface area contributed by atoms with Crippen LogP contribution in [-0.4, -0.2) is 54.2 Å². The van der Waals surface area contributed by atoms with Crippen LogP contribution in [0.25, 0.3) is 0 Å². The summed E-state index contributed by atoms with van der Waals surface area (Å²) >= 11 is 0. The van der Waals surface area contributed by atoms with E-state index < -0.39 is 0 Å². The molecule has 1 aliphatic heterocycles. The lowest BCUT2D eigenvalue weighted by atomic mass is 10.1. The van der Waals surface area contributed by atoms with E-state index in [2.05, 4.69) is 37.5 Å². The van der Waals surface area contributed by atoms with E-state index in [-0.39, 0.29) is 12.7 Å². The van der Waals surface area contributed by atoms with Crippen molar-refractivity contribution in [2.75, 3.05) is 26.3 Å². The summed E-state index contributed by atoms with van der Waals surface area (Å²) in [6.07, 6.45) is 0. The second kappa shape index (κ2) is 5.08. The molecule has 1 atom stereocenters. The van der Waals surface area contributed by atoms with Gasteiger partial charge in [0.2, 0.25) is 0 Å². The largest absolute Gasteiger partial charge is 0.298 e. The molecule has 0 spiro atoms. The van der Waals surface area contributed by atoms with Gasteiger partial charge in [0, 0.05) is 31.7 Å². The van der Waals surface area contributed by atoms with Gasteiger partial charge in [0.1, 0.15) is 6.67 Å². The fraction of sp³-hybridized carbons (Fsp3) is 1.00. The third-order valence-corrected chi connectivity index (χ3v) is 3.13. The van der Waals surface area contributed by atoms with Gasteiger partial charge in [0.05, 0.1) is 6.04 Å². The monoisotopic (exact) mass is 202 g/mol. The molecule has 0 saturated carbocycles. The summed E-state index contributed by atoms with van der Waals surface area (Å²) in [6.45, 7) is 11.4. The van der Waals surface area contributed by atoms with Gasteiger partial charge in [0.15, 0.2) is 0 Å². The van der Waals surface area contributed by atoms with Crippen LogP contribution in [-0.2, 0) is 0 Å². The van der Waals surface area contributed by atoms with Crippen molar-refractivity contribution in [1.29, 1.82) is 0 Å². The molecule has 0 aromatic rings. The Morgan fingerprint density at radius 3 is 2.21 bits per heavy atom. The summed E-state index contributed by atoms with van der Waals surface area (Å²) in [5, 5.41) is 0. The molecule has 0 bridgehead atoms. The highest BCUT2D eigenvalue weighted by Gasteiger charge is 2.29. The smallest absolute Gasteiger partial charge is 0.106 e. The van der Waals surface area contributed by atoms with Crippen LogP contribution in [0.5, 0.6) is 0 Å². The van der Waals surface area contributed by atoms with E-state index in [1.54, 1.807) is 0 Å². The standard InChI is InChI=1S/C11H23FN2/c1-9(2)13-5-6-14(10(3)4)11(7-12)8-13/h9-11H,5-8H2,1-4H3/t11-/m0/s1. The highest BCUT2D eigenvalue weighted by molar-refractivity contribution is 4.84. The van der Waals surface area contributed by atoms with Gasteiger partial charge in [0.25, 0.3) is 0 Å². The van der Waals surface area contributed by atoms with E-state index in [0.717, 1.165) is 19.6 Å². The molecule has 0 radical (unpaired) electrons. The Hall–Kier alpha value is -0.150. The van der Waals surface area contributed by atoms with Crippen LogP contribution >= 0.6 is 0 Å². The van der Waals surface area contributed by atoms with Gasteiger partial charge in [-0.1, -0.05) is 0 Å². The van der Waals surface area contributed by atoms with Gasteiger partial charge in [-0.25, -0.2) is 4.39 Å². The molecule has 1 aliphatic rings. The third-order valence-electron chi connectivity index (χ3n) is 3.13. The number of alkyl halides is 1. The minimum Gasteiger partial charge on any atom is -0.298 e. The number of hydrogen-bond acceptors (Lipinski definition) is 2. The van der Waals surface area contributed by atoms with Crippen LogP contribution in [0.2, 0.25) is 0 Å². The third kappa shape index (κ3) is 2.67. The Bertz CT molecular complexity index is 171. The lowest BCUT2D eigenvalue weighted by Gasteiger charge is -2.43. The molecule has 1 fully saturated rings. The van der Waals surface area contributed by atoms with Crippen molar-refractivity contribution in [3.8, 4) is 0 Å². The molecule has 0 N–H and O–H groups in total. The quantitative estimate of drug-likeness (QED) is 0.688. The average Bonchev–Trinajstić information content (AvgIpc) is 2.16. The highest BCUT2D eigenvalue weighted by Crippen LogP contribution is 2.15. The average molecular weight is 202 g/mol. The van der Waals surface area contributed by atoms with E-state index in [0.29, 0.717) is 12.1 Å². The minimum atomic E-state index is -0.221. The van der Waals surface area contributed by atoms with Gasteiger partial charge in [-0.05, 0) is 27.7 Å². The van der Waals surface area contributed by atoms with Crippen molar-refractivity contribution in [2.45, 2.75) is 45.8 Å². The molecular formula is C11H23FN2. The Kier molecular flexibility index (Phi) is 4.32. The summed E-state index contributed by atoms with van der Waals surface area (Å²) in [4.78, 5) is 4.64. The molecule has 0 unspecified atom stereocenters. The zero-order valence-corrected chi connectivity index (χ0v) is 9.83. The van der Waals surface area contributed by atoms with Gasteiger partial charge < -0.3 is 0 Å². The van der Waals surface area contributed by atoms with Crippen LogP contribution in [0.3, 0.4) is 0 Å². The molecule has 0 amide bonds. The maximum atomic E-state index is 12.9. The number of rotatable bonds is 3. The molecule has 1 heterocycles. The summed E-state index contributed by atoms with van der Waals surface area (Å²) in [7, 11) is 0. The summed E-state index contributed by atoms with van der Waals surface area (Å²) in [5.74, 6) is 0. The number of piperazine rings is 1. The molecular weight excluding hydrogens is 179 g/mol. The fourth-order valence-electron chi connectivity index (χ4n) is 2.18.